The number of aromatic hydroxyl groups is 7. The summed E-state index contributed by atoms with van der Waals surface area (Å²) in [6, 6.07) is 6.79. The van der Waals surface area contributed by atoms with E-state index < -0.39 is 52.7 Å². The number of fused-ring (bicyclic) bond motifs is 1. The molecule has 0 bridgehead atoms. The Morgan fingerprint density at radius 3 is 1.97 bits per heavy atom. The van der Waals surface area contributed by atoms with Gasteiger partial charge in [0.1, 0.15) is 23.4 Å². The van der Waals surface area contributed by atoms with E-state index in [9.17, 15) is 40.5 Å². The zero-order chi connectivity index (χ0) is 26.3. The molecule has 2 atom stereocenters. The molecule has 0 aromatic heterocycles. The smallest absolute Gasteiger partial charge is 0.338 e. The summed E-state index contributed by atoms with van der Waals surface area (Å²) in [7, 11) is 0. The first-order valence-electron chi connectivity index (χ1n) is 10.8. The molecule has 11 nitrogen and oxygen atoms in total. The molecule has 36 heavy (non-hydrogen) atoms. The quantitative estimate of drug-likeness (QED) is 0.201. The lowest BCUT2D eigenvalue weighted by molar-refractivity contribution is -0.0191. The van der Waals surface area contributed by atoms with E-state index in [-0.39, 0.29) is 40.9 Å². The van der Waals surface area contributed by atoms with Gasteiger partial charge in [-0.25, -0.2) is 4.79 Å². The van der Waals surface area contributed by atoms with Gasteiger partial charge >= 0.3 is 5.97 Å². The molecule has 1 aliphatic heterocycles. The first-order valence-corrected chi connectivity index (χ1v) is 10.8. The van der Waals surface area contributed by atoms with Gasteiger partial charge in [-0.3, -0.25) is 0 Å². The van der Waals surface area contributed by atoms with Crippen molar-refractivity contribution in [2.45, 2.75) is 38.6 Å². The van der Waals surface area contributed by atoms with Gasteiger partial charge in [-0.2, -0.15) is 0 Å². The van der Waals surface area contributed by atoms with Gasteiger partial charge in [0, 0.05) is 29.7 Å². The molecule has 0 amide bonds. The number of carbonyl (C=O) groups is 1. The van der Waals surface area contributed by atoms with Gasteiger partial charge < -0.3 is 50.0 Å². The monoisotopic (exact) mass is 500 g/mol. The number of hydrogen-bond acceptors (Lipinski definition) is 11. The van der Waals surface area contributed by atoms with E-state index in [0.29, 0.717) is 5.56 Å². The number of rotatable bonds is 5. The highest BCUT2D eigenvalue weighted by atomic mass is 16.6. The lowest BCUT2D eigenvalue weighted by Crippen LogP contribution is -2.35. The molecule has 4 rings (SSSR count). The number of phenolic OH excluding ortho intramolecular Hbond substituents is 7. The molecule has 0 aliphatic carbocycles. The first-order chi connectivity index (χ1) is 16.9. The van der Waals surface area contributed by atoms with Gasteiger partial charge in [0.15, 0.2) is 40.6 Å². The molecule has 7 N–H and O–H groups in total. The molecule has 3 aromatic carbocycles. The summed E-state index contributed by atoms with van der Waals surface area (Å²) in [5.41, 5.74) is 0.338. The van der Waals surface area contributed by atoms with Crippen molar-refractivity contribution in [1.82, 2.24) is 0 Å². The van der Waals surface area contributed by atoms with Crippen molar-refractivity contribution in [1.29, 1.82) is 0 Å². The van der Waals surface area contributed by atoms with Gasteiger partial charge in [-0.15, -0.1) is 0 Å². The molecular formula is C25H24O11. The Labute approximate surface area is 204 Å². The van der Waals surface area contributed by atoms with Gasteiger partial charge in [0.25, 0.3) is 0 Å². The topological polar surface area (TPSA) is 186 Å². The summed E-state index contributed by atoms with van der Waals surface area (Å²) < 4.78 is 17.5. The molecule has 0 radical (unpaired) electrons. The summed E-state index contributed by atoms with van der Waals surface area (Å²) in [6.45, 7) is 3.57. The molecule has 0 saturated carbocycles. The Bertz CT molecular complexity index is 1290. The summed E-state index contributed by atoms with van der Waals surface area (Å²) in [4.78, 5) is 12.9. The first kappa shape index (κ1) is 24.5. The lowest BCUT2D eigenvalue weighted by Gasteiger charge is -2.34. The second-order valence-corrected chi connectivity index (χ2v) is 8.54. The highest BCUT2D eigenvalue weighted by Gasteiger charge is 2.38. The fourth-order valence-corrected chi connectivity index (χ4v) is 3.90. The van der Waals surface area contributed by atoms with Crippen LogP contribution in [0.4, 0.5) is 0 Å². The van der Waals surface area contributed by atoms with E-state index in [1.165, 1.54) is 12.1 Å². The summed E-state index contributed by atoms with van der Waals surface area (Å²) in [5.74, 6) is -4.94. The van der Waals surface area contributed by atoms with Crippen molar-refractivity contribution >= 4 is 5.97 Å². The second kappa shape index (κ2) is 9.17. The number of esters is 1. The van der Waals surface area contributed by atoms with E-state index in [2.05, 4.69) is 0 Å². The Kier molecular flexibility index (Phi) is 6.23. The molecule has 1 aliphatic rings. The van der Waals surface area contributed by atoms with Crippen LogP contribution in [-0.4, -0.2) is 53.9 Å². The van der Waals surface area contributed by atoms with Crippen molar-refractivity contribution in [3.05, 3.63) is 53.1 Å². The van der Waals surface area contributed by atoms with Crippen molar-refractivity contribution in [3.63, 3.8) is 0 Å². The largest absolute Gasteiger partial charge is 0.508 e. The van der Waals surface area contributed by atoms with Crippen LogP contribution in [0.15, 0.2) is 36.4 Å². The molecular weight excluding hydrogens is 476 g/mol. The van der Waals surface area contributed by atoms with Crippen LogP contribution >= 0.6 is 0 Å². The molecule has 1 heterocycles. The van der Waals surface area contributed by atoms with Crippen LogP contribution < -0.4 is 9.47 Å². The van der Waals surface area contributed by atoms with Crippen molar-refractivity contribution in [2.24, 2.45) is 0 Å². The molecule has 0 saturated heterocycles. The number of benzene rings is 3. The van der Waals surface area contributed by atoms with Crippen LogP contribution in [0, 0.1) is 0 Å². The molecule has 3 aromatic rings. The van der Waals surface area contributed by atoms with Crippen LogP contribution in [0.1, 0.15) is 41.4 Å². The van der Waals surface area contributed by atoms with E-state index in [1.807, 2.05) is 0 Å². The number of ether oxygens (including phenoxy) is 3. The number of hydrogen-bond donors (Lipinski definition) is 7. The van der Waals surface area contributed by atoms with Crippen LogP contribution in [0.5, 0.6) is 51.7 Å². The predicted octanol–water partition coefficient (Wildman–Crippen LogP) is 3.31. The lowest BCUT2D eigenvalue weighted by atomic mass is 9.93. The third kappa shape index (κ3) is 4.63. The molecule has 0 unspecified atom stereocenters. The zero-order valence-corrected chi connectivity index (χ0v) is 19.2. The summed E-state index contributed by atoms with van der Waals surface area (Å²) in [5, 5.41) is 69.0. The minimum atomic E-state index is -1.13. The van der Waals surface area contributed by atoms with Crippen molar-refractivity contribution in [3.8, 4) is 51.7 Å². The highest BCUT2D eigenvalue weighted by molar-refractivity contribution is 5.91. The van der Waals surface area contributed by atoms with Gasteiger partial charge in [0.2, 0.25) is 0 Å². The van der Waals surface area contributed by atoms with Gasteiger partial charge in [-0.1, -0.05) is 0 Å². The second-order valence-electron chi connectivity index (χ2n) is 8.54. The molecule has 190 valence electrons. The Balaban J connectivity index is 1.77. The van der Waals surface area contributed by atoms with Crippen molar-refractivity contribution in [2.75, 3.05) is 0 Å². The van der Waals surface area contributed by atoms with E-state index in [1.54, 1.807) is 13.8 Å². The van der Waals surface area contributed by atoms with Crippen LogP contribution in [0.3, 0.4) is 0 Å². The summed E-state index contributed by atoms with van der Waals surface area (Å²) in [6.07, 6.45) is -2.49. The van der Waals surface area contributed by atoms with Crippen LogP contribution in [0.2, 0.25) is 0 Å². The number of carbonyl (C=O) groups excluding carboxylic acids is 1. The van der Waals surface area contributed by atoms with E-state index in [4.69, 9.17) is 14.2 Å². The molecule has 11 heteroatoms. The maximum atomic E-state index is 12.9. The SMILES string of the molecule is CC(C)Oc1cc(O)cc2c1C[C@H](OC(=O)c1cc(O)c(O)c(O)c1)[C@@H](c1cc(O)c(O)c(O)c1)O2. The fourth-order valence-electron chi connectivity index (χ4n) is 3.90. The number of phenols is 7. The predicted molar refractivity (Wildman–Crippen MR) is 123 cm³/mol. The van der Waals surface area contributed by atoms with Crippen LogP contribution in [-0.2, 0) is 11.2 Å². The van der Waals surface area contributed by atoms with Gasteiger partial charge in [-0.05, 0) is 38.1 Å². The standard InChI is InChI=1S/C25H24O11/c1-10(2)34-19-7-13(26)8-20-14(19)9-21(24(35-20)11-3-15(27)22(31)16(28)4-11)36-25(33)12-5-17(29)23(32)18(30)6-12/h3-8,10,21,24,26-32H,9H2,1-2H3/t21-,24+/m0/s1. The average molecular weight is 500 g/mol. The Morgan fingerprint density at radius 2 is 1.42 bits per heavy atom. The maximum absolute atomic E-state index is 12.9. The average Bonchev–Trinajstić information content (AvgIpc) is 2.79. The highest BCUT2D eigenvalue weighted by Crippen LogP contribution is 2.46. The van der Waals surface area contributed by atoms with Gasteiger partial charge in [0.05, 0.1) is 11.7 Å². The Hall–Kier alpha value is -4.67. The molecule has 0 fully saturated rings. The fraction of sp³-hybridized carbons (Fsp3) is 0.240. The summed E-state index contributed by atoms with van der Waals surface area (Å²) >= 11 is 0. The zero-order valence-electron chi connectivity index (χ0n) is 19.2. The maximum Gasteiger partial charge on any atom is 0.338 e. The third-order valence-corrected chi connectivity index (χ3v) is 5.50. The normalized spacial score (nSPS) is 16.8. The Morgan fingerprint density at radius 1 is 0.861 bits per heavy atom. The molecule has 0 spiro atoms. The third-order valence-electron chi connectivity index (χ3n) is 5.50. The van der Waals surface area contributed by atoms with E-state index >= 15 is 0 Å². The van der Waals surface area contributed by atoms with E-state index in [0.717, 1.165) is 24.3 Å². The minimum Gasteiger partial charge on any atom is -0.508 e. The minimum absolute atomic E-state index is 0.00647. The van der Waals surface area contributed by atoms with Crippen LogP contribution in [0.25, 0.3) is 0 Å². The van der Waals surface area contributed by atoms with Crippen molar-refractivity contribution < 1.29 is 54.8 Å².